The number of amides is 1. The fraction of sp³-hybridized carbons (Fsp3) is 0.562. The maximum absolute atomic E-state index is 12.2. The first-order valence-corrected chi connectivity index (χ1v) is 9.58. The molecule has 1 aliphatic rings. The van der Waals surface area contributed by atoms with Crippen molar-refractivity contribution in [3.8, 4) is 0 Å². The first kappa shape index (κ1) is 17.9. The second-order valence-electron chi connectivity index (χ2n) is 6.09. The lowest BCUT2D eigenvalue weighted by atomic mass is 9.97. The molecule has 1 aromatic rings. The summed E-state index contributed by atoms with van der Waals surface area (Å²) in [6.07, 6.45) is 3.45. The van der Waals surface area contributed by atoms with Gasteiger partial charge in [0.15, 0.2) is 0 Å². The summed E-state index contributed by atoms with van der Waals surface area (Å²) >= 11 is 0. The first-order chi connectivity index (χ1) is 10.9. The highest BCUT2D eigenvalue weighted by Crippen LogP contribution is 2.16. The van der Waals surface area contributed by atoms with Crippen molar-refractivity contribution in [2.24, 2.45) is 11.1 Å². The number of hydrogen-bond acceptors (Lipinski definition) is 4. The van der Waals surface area contributed by atoms with Crippen LogP contribution in [-0.2, 0) is 10.0 Å². The Morgan fingerprint density at radius 3 is 2.65 bits per heavy atom. The number of nitrogens with zero attached hydrogens (tertiary/aromatic N) is 1. The average Bonchev–Trinajstić information content (AvgIpc) is 2.53. The second-order valence-corrected chi connectivity index (χ2v) is 7.65. The predicted molar refractivity (Wildman–Crippen MR) is 89.6 cm³/mol. The van der Waals surface area contributed by atoms with Crippen LogP contribution in [0.25, 0.3) is 0 Å². The third-order valence-corrected chi connectivity index (χ3v) is 5.07. The Morgan fingerprint density at radius 2 is 2.04 bits per heavy atom. The van der Waals surface area contributed by atoms with Gasteiger partial charge in [-0.3, -0.25) is 4.79 Å². The van der Waals surface area contributed by atoms with Crippen LogP contribution >= 0.6 is 0 Å². The molecule has 6 nitrogen and oxygen atoms in total. The predicted octanol–water partition coefficient (Wildman–Crippen LogP) is 1.19. The molecule has 0 bridgehead atoms. The number of hydrogen-bond donors (Lipinski definition) is 2. The molecule has 2 rings (SSSR count). The van der Waals surface area contributed by atoms with E-state index in [0.29, 0.717) is 18.0 Å². The van der Waals surface area contributed by atoms with E-state index < -0.39 is 10.0 Å². The molecule has 0 saturated carbocycles. The van der Waals surface area contributed by atoms with Crippen LogP contribution in [0.15, 0.2) is 29.2 Å². The van der Waals surface area contributed by atoms with Gasteiger partial charge < -0.3 is 10.2 Å². The van der Waals surface area contributed by atoms with Crippen molar-refractivity contribution in [1.82, 2.24) is 10.2 Å². The van der Waals surface area contributed by atoms with E-state index in [1.54, 1.807) is 0 Å². The quantitative estimate of drug-likeness (QED) is 0.814. The van der Waals surface area contributed by atoms with Gasteiger partial charge in [0.25, 0.3) is 5.91 Å². The molecule has 7 heteroatoms. The normalized spacial score (nSPS) is 19.5. The molecule has 0 radical (unpaired) electrons. The summed E-state index contributed by atoms with van der Waals surface area (Å²) in [6, 6.07) is 5.68. The molecule has 1 saturated heterocycles. The van der Waals surface area contributed by atoms with Gasteiger partial charge in [-0.05, 0) is 62.5 Å². The Hall–Kier alpha value is -1.44. The van der Waals surface area contributed by atoms with Crippen molar-refractivity contribution in [2.45, 2.75) is 31.1 Å². The zero-order valence-electron chi connectivity index (χ0n) is 13.5. The maximum Gasteiger partial charge on any atom is 0.251 e. The Bertz CT molecular complexity index is 626. The number of sulfonamides is 1. The Morgan fingerprint density at radius 1 is 1.35 bits per heavy atom. The Labute approximate surface area is 138 Å². The second kappa shape index (κ2) is 7.90. The molecule has 1 heterocycles. The van der Waals surface area contributed by atoms with Gasteiger partial charge in [0.1, 0.15) is 0 Å². The van der Waals surface area contributed by atoms with E-state index in [2.05, 4.69) is 17.1 Å². The fourth-order valence-corrected chi connectivity index (χ4v) is 3.49. The van der Waals surface area contributed by atoms with Crippen molar-refractivity contribution in [3.63, 3.8) is 0 Å². The number of benzene rings is 1. The average molecular weight is 339 g/mol. The van der Waals surface area contributed by atoms with Gasteiger partial charge in [0, 0.05) is 18.7 Å². The molecule has 1 aromatic carbocycles. The van der Waals surface area contributed by atoms with Crippen LogP contribution in [0.2, 0.25) is 0 Å². The zero-order valence-corrected chi connectivity index (χ0v) is 14.3. The number of rotatable bonds is 6. The van der Waals surface area contributed by atoms with Crippen LogP contribution in [0.3, 0.4) is 0 Å². The number of carbonyl (C=O) groups is 1. The highest BCUT2D eigenvalue weighted by Gasteiger charge is 2.20. The molecule has 1 atom stereocenters. The lowest BCUT2D eigenvalue weighted by molar-refractivity contribution is 0.0932. The monoisotopic (exact) mass is 339 g/mol. The molecule has 0 aromatic heterocycles. The van der Waals surface area contributed by atoms with Crippen molar-refractivity contribution in [3.05, 3.63) is 29.8 Å². The molecule has 128 valence electrons. The first-order valence-electron chi connectivity index (χ1n) is 8.03. The smallest absolute Gasteiger partial charge is 0.251 e. The lowest BCUT2D eigenvalue weighted by Crippen LogP contribution is -2.41. The summed E-state index contributed by atoms with van der Waals surface area (Å²) in [5.41, 5.74) is 0.443. The van der Waals surface area contributed by atoms with Crippen LogP contribution in [-0.4, -0.2) is 45.4 Å². The number of nitrogens with one attached hydrogen (secondary N) is 1. The minimum atomic E-state index is -3.72. The molecule has 0 spiro atoms. The molecule has 1 amide bonds. The summed E-state index contributed by atoms with van der Waals surface area (Å²) in [4.78, 5) is 14.6. The largest absolute Gasteiger partial charge is 0.352 e. The number of piperidine rings is 1. The number of likely N-dealkylation sites (tertiary alicyclic amines) is 1. The minimum absolute atomic E-state index is 0.0107. The van der Waals surface area contributed by atoms with Gasteiger partial charge in [-0.25, -0.2) is 13.6 Å². The molecular formula is C16H25N3O3S. The number of carbonyl (C=O) groups excluding carboxylic acids is 1. The van der Waals surface area contributed by atoms with Crippen LogP contribution < -0.4 is 10.5 Å². The van der Waals surface area contributed by atoms with Gasteiger partial charge in [0.05, 0.1) is 4.90 Å². The van der Waals surface area contributed by atoms with Crippen LogP contribution in [0.4, 0.5) is 0 Å². The summed E-state index contributed by atoms with van der Waals surface area (Å²) in [5.74, 6) is 0.293. The summed E-state index contributed by atoms with van der Waals surface area (Å²) in [5, 5.41) is 7.99. The van der Waals surface area contributed by atoms with Crippen LogP contribution in [0.5, 0.6) is 0 Å². The SMILES string of the molecule is CCCN1CCCC(CNC(=O)c2ccc(S(N)(=O)=O)cc2)C1. The standard InChI is InChI=1S/C16H25N3O3S/c1-2-9-19-10-3-4-13(12-19)11-18-16(20)14-5-7-15(8-6-14)23(17,21)22/h5-8,13H,2-4,9-12H2,1H3,(H,18,20)(H2,17,21,22). The van der Waals surface area contributed by atoms with E-state index in [9.17, 15) is 13.2 Å². The van der Waals surface area contributed by atoms with Gasteiger partial charge >= 0.3 is 0 Å². The fourth-order valence-electron chi connectivity index (χ4n) is 2.97. The van der Waals surface area contributed by atoms with Gasteiger partial charge in [-0.2, -0.15) is 0 Å². The highest BCUT2D eigenvalue weighted by molar-refractivity contribution is 7.89. The van der Waals surface area contributed by atoms with Crippen LogP contribution in [0, 0.1) is 5.92 Å². The van der Waals surface area contributed by atoms with Crippen molar-refractivity contribution in [2.75, 3.05) is 26.2 Å². The Kier molecular flexibility index (Phi) is 6.15. The maximum atomic E-state index is 12.2. The van der Waals surface area contributed by atoms with Crippen molar-refractivity contribution >= 4 is 15.9 Å². The van der Waals surface area contributed by atoms with E-state index in [0.717, 1.165) is 32.5 Å². The van der Waals surface area contributed by atoms with E-state index in [1.165, 1.54) is 30.7 Å². The molecule has 1 unspecified atom stereocenters. The van der Waals surface area contributed by atoms with Gasteiger partial charge in [-0.1, -0.05) is 6.92 Å². The minimum Gasteiger partial charge on any atom is -0.352 e. The third-order valence-electron chi connectivity index (χ3n) is 4.14. The highest BCUT2D eigenvalue weighted by atomic mass is 32.2. The molecule has 23 heavy (non-hydrogen) atoms. The van der Waals surface area contributed by atoms with E-state index in [4.69, 9.17) is 5.14 Å². The van der Waals surface area contributed by atoms with Gasteiger partial charge in [0.2, 0.25) is 10.0 Å². The zero-order chi connectivity index (χ0) is 16.9. The number of primary sulfonamides is 1. The lowest BCUT2D eigenvalue weighted by Gasteiger charge is -2.32. The molecule has 1 aliphatic heterocycles. The number of nitrogens with two attached hydrogens (primary N) is 1. The molecule has 3 N–H and O–H groups in total. The van der Waals surface area contributed by atoms with Gasteiger partial charge in [-0.15, -0.1) is 0 Å². The summed E-state index contributed by atoms with van der Waals surface area (Å²) in [6.45, 7) is 6.11. The van der Waals surface area contributed by atoms with Crippen LogP contribution in [0.1, 0.15) is 36.5 Å². The molecular weight excluding hydrogens is 314 g/mol. The molecule has 0 aliphatic carbocycles. The summed E-state index contributed by atoms with van der Waals surface area (Å²) in [7, 11) is -3.72. The van der Waals surface area contributed by atoms with E-state index >= 15 is 0 Å². The van der Waals surface area contributed by atoms with Crippen molar-refractivity contribution in [1.29, 1.82) is 0 Å². The third kappa shape index (κ3) is 5.30. The Balaban J connectivity index is 1.87. The summed E-state index contributed by atoms with van der Waals surface area (Å²) < 4.78 is 22.4. The van der Waals surface area contributed by atoms with Crippen molar-refractivity contribution < 1.29 is 13.2 Å². The molecule has 1 fully saturated rings. The topological polar surface area (TPSA) is 92.5 Å². The van der Waals surface area contributed by atoms with E-state index in [-0.39, 0.29) is 10.8 Å². The van der Waals surface area contributed by atoms with E-state index in [1.807, 2.05) is 0 Å².